The number of benzene rings is 1. The molecule has 0 bridgehead atoms. The Morgan fingerprint density at radius 1 is 1.35 bits per heavy atom. The molecule has 1 saturated heterocycles. The molecule has 2 aliphatic rings. The smallest absolute Gasteiger partial charge is 0.254 e. The standard InChI is InChI=1S/C17H18N2O3S/c1-11-8-18-16(23-11)13-3-2-6-19(9-13)17(20)12-4-5-14-15(7-12)22-10-21-14/h4-5,7-8,13H,2-3,6,9-10H2,1H3/t13-/m0/s1. The number of thiazole rings is 1. The average molecular weight is 330 g/mol. The molecule has 2 aliphatic heterocycles. The number of likely N-dealkylation sites (tertiary alicyclic amines) is 1. The molecule has 6 heteroatoms. The number of aryl methyl sites for hydroxylation is 1. The van der Waals surface area contributed by atoms with Crippen LogP contribution in [0.25, 0.3) is 0 Å². The van der Waals surface area contributed by atoms with Crippen molar-refractivity contribution in [3.63, 3.8) is 0 Å². The van der Waals surface area contributed by atoms with E-state index in [0.29, 0.717) is 23.0 Å². The number of amides is 1. The summed E-state index contributed by atoms with van der Waals surface area (Å²) in [5, 5.41) is 1.14. The van der Waals surface area contributed by atoms with Crippen LogP contribution in [0, 0.1) is 6.92 Å². The zero-order chi connectivity index (χ0) is 15.8. The fourth-order valence-electron chi connectivity index (χ4n) is 3.14. The highest BCUT2D eigenvalue weighted by molar-refractivity contribution is 7.11. The van der Waals surface area contributed by atoms with Gasteiger partial charge in [0.05, 0.1) is 5.01 Å². The Morgan fingerprint density at radius 3 is 3.04 bits per heavy atom. The van der Waals surface area contributed by atoms with Crippen molar-refractivity contribution < 1.29 is 14.3 Å². The molecule has 5 nitrogen and oxygen atoms in total. The van der Waals surface area contributed by atoms with Crippen molar-refractivity contribution in [3.8, 4) is 11.5 Å². The van der Waals surface area contributed by atoms with Crippen molar-refractivity contribution in [2.24, 2.45) is 0 Å². The van der Waals surface area contributed by atoms with Crippen LogP contribution >= 0.6 is 11.3 Å². The maximum absolute atomic E-state index is 12.8. The molecule has 0 radical (unpaired) electrons. The van der Waals surface area contributed by atoms with Gasteiger partial charge in [0.25, 0.3) is 5.91 Å². The summed E-state index contributed by atoms with van der Waals surface area (Å²) in [7, 11) is 0. The molecule has 0 aliphatic carbocycles. The molecule has 23 heavy (non-hydrogen) atoms. The Hall–Kier alpha value is -2.08. The first-order chi connectivity index (χ1) is 11.2. The number of rotatable bonds is 2. The summed E-state index contributed by atoms with van der Waals surface area (Å²) < 4.78 is 10.7. The summed E-state index contributed by atoms with van der Waals surface area (Å²) in [6.45, 7) is 3.83. The van der Waals surface area contributed by atoms with Gasteiger partial charge in [-0.05, 0) is 38.0 Å². The molecule has 0 saturated carbocycles. The van der Waals surface area contributed by atoms with Gasteiger partial charge in [-0.1, -0.05) is 0 Å². The average Bonchev–Trinajstić information content (AvgIpc) is 3.22. The molecule has 3 heterocycles. The third-order valence-corrected chi connectivity index (χ3v) is 5.39. The molecule has 0 unspecified atom stereocenters. The lowest BCUT2D eigenvalue weighted by Crippen LogP contribution is -2.39. The van der Waals surface area contributed by atoms with Gasteiger partial charge in [0.2, 0.25) is 6.79 Å². The van der Waals surface area contributed by atoms with E-state index in [1.165, 1.54) is 4.88 Å². The minimum absolute atomic E-state index is 0.0567. The predicted molar refractivity (Wildman–Crippen MR) is 87.3 cm³/mol. The third-order valence-electron chi connectivity index (χ3n) is 4.32. The number of nitrogens with zero attached hydrogens (tertiary/aromatic N) is 2. The first-order valence-electron chi connectivity index (χ1n) is 7.82. The van der Waals surface area contributed by atoms with Crippen molar-refractivity contribution in [2.45, 2.75) is 25.7 Å². The Morgan fingerprint density at radius 2 is 2.22 bits per heavy atom. The van der Waals surface area contributed by atoms with Crippen LogP contribution in [-0.2, 0) is 0 Å². The van der Waals surface area contributed by atoms with Gasteiger partial charge in [0.1, 0.15) is 0 Å². The minimum Gasteiger partial charge on any atom is -0.454 e. The van der Waals surface area contributed by atoms with Gasteiger partial charge in [0.15, 0.2) is 11.5 Å². The number of carbonyl (C=O) groups excluding carboxylic acids is 1. The Bertz CT molecular complexity index is 743. The van der Waals surface area contributed by atoms with Crippen molar-refractivity contribution in [1.82, 2.24) is 9.88 Å². The summed E-state index contributed by atoms with van der Waals surface area (Å²) >= 11 is 1.73. The molecule has 1 atom stereocenters. The molecular formula is C17H18N2O3S. The van der Waals surface area contributed by atoms with E-state index < -0.39 is 0 Å². The first-order valence-corrected chi connectivity index (χ1v) is 8.63. The Labute approximate surface area is 138 Å². The van der Waals surface area contributed by atoms with Crippen LogP contribution in [0.2, 0.25) is 0 Å². The van der Waals surface area contributed by atoms with Crippen molar-refractivity contribution >= 4 is 17.2 Å². The SMILES string of the molecule is Cc1cnc([C@H]2CCCN(C(=O)c3ccc4c(c3)OCO4)C2)s1. The van der Waals surface area contributed by atoms with E-state index in [0.717, 1.165) is 30.9 Å². The van der Waals surface area contributed by atoms with Crippen LogP contribution in [-0.4, -0.2) is 35.7 Å². The van der Waals surface area contributed by atoms with Crippen LogP contribution < -0.4 is 9.47 Å². The quantitative estimate of drug-likeness (QED) is 0.848. The number of ether oxygens (including phenoxy) is 2. The van der Waals surface area contributed by atoms with Crippen LogP contribution in [0.5, 0.6) is 11.5 Å². The first kappa shape index (κ1) is 14.5. The van der Waals surface area contributed by atoms with E-state index in [9.17, 15) is 4.79 Å². The van der Waals surface area contributed by atoms with Gasteiger partial charge in [-0.15, -0.1) is 11.3 Å². The Kier molecular flexibility index (Phi) is 3.69. The molecule has 0 N–H and O–H groups in total. The summed E-state index contributed by atoms with van der Waals surface area (Å²) in [6.07, 6.45) is 4.02. The normalized spacial score (nSPS) is 19.9. The maximum Gasteiger partial charge on any atom is 0.254 e. The van der Waals surface area contributed by atoms with E-state index in [1.54, 1.807) is 23.5 Å². The van der Waals surface area contributed by atoms with E-state index in [-0.39, 0.29) is 12.7 Å². The lowest BCUT2D eigenvalue weighted by molar-refractivity contribution is 0.0706. The van der Waals surface area contributed by atoms with Crippen LogP contribution in [0.4, 0.5) is 0 Å². The molecule has 0 spiro atoms. The van der Waals surface area contributed by atoms with E-state index in [2.05, 4.69) is 11.9 Å². The second-order valence-corrected chi connectivity index (χ2v) is 7.23. The van der Waals surface area contributed by atoms with Gasteiger partial charge in [-0.2, -0.15) is 0 Å². The number of fused-ring (bicyclic) bond motifs is 1. The predicted octanol–water partition coefficient (Wildman–Crippen LogP) is 3.20. The van der Waals surface area contributed by atoms with Crippen molar-refractivity contribution in [1.29, 1.82) is 0 Å². The molecule has 4 rings (SSSR count). The zero-order valence-electron chi connectivity index (χ0n) is 12.9. The molecule has 1 aromatic carbocycles. The van der Waals surface area contributed by atoms with Gasteiger partial charge in [0, 0.05) is 35.6 Å². The molecule has 1 aromatic heterocycles. The highest BCUT2D eigenvalue weighted by Gasteiger charge is 2.28. The minimum atomic E-state index is 0.0567. The number of carbonyl (C=O) groups is 1. The molecular weight excluding hydrogens is 312 g/mol. The van der Waals surface area contributed by atoms with Crippen LogP contribution in [0.15, 0.2) is 24.4 Å². The zero-order valence-corrected chi connectivity index (χ0v) is 13.8. The maximum atomic E-state index is 12.8. The monoisotopic (exact) mass is 330 g/mol. The number of hydrogen-bond acceptors (Lipinski definition) is 5. The summed E-state index contributed by atoms with van der Waals surface area (Å²) in [6, 6.07) is 5.40. The molecule has 2 aromatic rings. The van der Waals surface area contributed by atoms with Crippen LogP contribution in [0.1, 0.15) is 39.0 Å². The van der Waals surface area contributed by atoms with Gasteiger partial charge in [-0.25, -0.2) is 4.98 Å². The van der Waals surface area contributed by atoms with Gasteiger partial charge < -0.3 is 14.4 Å². The number of piperidine rings is 1. The van der Waals surface area contributed by atoms with Gasteiger partial charge >= 0.3 is 0 Å². The van der Waals surface area contributed by atoms with Gasteiger partial charge in [-0.3, -0.25) is 4.79 Å². The van der Waals surface area contributed by atoms with E-state index >= 15 is 0 Å². The molecule has 1 amide bonds. The number of hydrogen-bond donors (Lipinski definition) is 0. The number of aromatic nitrogens is 1. The Balaban J connectivity index is 1.51. The van der Waals surface area contributed by atoms with E-state index in [1.807, 2.05) is 17.2 Å². The largest absolute Gasteiger partial charge is 0.454 e. The molecule has 1 fully saturated rings. The third kappa shape index (κ3) is 2.79. The van der Waals surface area contributed by atoms with Crippen molar-refractivity contribution in [2.75, 3.05) is 19.9 Å². The summed E-state index contributed by atoms with van der Waals surface area (Å²) in [4.78, 5) is 20.4. The molecule has 120 valence electrons. The lowest BCUT2D eigenvalue weighted by Gasteiger charge is -2.32. The van der Waals surface area contributed by atoms with Crippen molar-refractivity contribution in [3.05, 3.63) is 39.8 Å². The topological polar surface area (TPSA) is 51.7 Å². The highest BCUT2D eigenvalue weighted by atomic mass is 32.1. The highest BCUT2D eigenvalue weighted by Crippen LogP contribution is 2.34. The second kappa shape index (κ2) is 5.85. The second-order valence-electron chi connectivity index (χ2n) is 5.97. The lowest BCUT2D eigenvalue weighted by atomic mass is 9.98. The summed E-state index contributed by atoms with van der Waals surface area (Å²) in [5.74, 6) is 1.76. The van der Waals surface area contributed by atoms with Crippen LogP contribution in [0.3, 0.4) is 0 Å². The van der Waals surface area contributed by atoms with E-state index in [4.69, 9.17) is 9.47 Å². The summed E-state index contributed by atoms with van der Waals surface area (Å²) in [5.41, 5.74) is 0.658. The fourth-order valence-corrected chi connectivity index (χ4v) is 4.04. The fraction of sp³-hybridized carbons (Fsp3) is 0.412.